The van der Waals surface area contributed by atoms with E-state index in [2.05, 4.69) is 26.0 Å². The van der Waals surface area contributed by atoms with Gasteiger partial charge in [0.25, 0.3) is 0 Å². The molecule has 18 heavy (non-hydrogen) atoms. The summed E-state index contributed by atoms with van der Waals surface area (Å²) >= 11 is 0. The first-order valence-corrected chi connectivity index (χ1v) is 7.40. The summed E-state index contributed by atoms with van der Waals surface area (Å²) in [6.07, 6.45) is 9.63. The fraction of sp³-hybridized carbons (Fsp3) is 0.786. The molecule has 3 heterocycles. The Labute approximate surface area is 108 Å². The van der Waals surface area contributed by atoms with Gasteiger partial charge < -0.3 is 14.8 Å². The van der Waals surface area contributed by atoms with Crippen molar-refractivity contribution in [2.24, 2.45) is 11.8 Å². The number of hydrogen-bond donors (Lipinski definition) is 1. The van der Waals surface area contributed by atoms with Gasteiger partial charge in [0.2, 0.25) is 5.95 Å². The van der Waals surface area contributed by atoms with Gasteiger partial charge in [-0.25, -0.2) is 4.98 Å². The molecule has 4 heteroatoms. The van der Waals surface area contributed by atoms with Gasteiger partial charge in [0.15, 0.2) is 0 Å². The van der Waals surface area contributed by atoms with E-state index in [0.29, 0.717) is 6.04 Å². The van der Waals surface area contributed by atoms with Crippen LogP contribution in [-0.4, -0.2) is 35.7 Å². The molecule has 3 fully saturated rings. The fourth-order valence-corrected chi connectivity index (χ4v) is 4.04. The summed E-state index contributed by atoms with van der Waals surface area (Å²) < 4.78 is 2.45. The first kappa shape index (κ1) is 10.9. The monoisotopic (exact) mass is 246 g/mol. The molecule has 1 aromatic rings. The molecule has 2 aliphatic heterocycles. The Morgan fingerprint density at radius 2 is 1.83 bits per heavy atom. The van der Waals surface area contributed by atoms with E-state index >= 15 is 0 Å². The highest BCUT2D eigenvalue weighted by Crippen LogP contribution is 2.35. The normalized spacial score (nSPS) is 32.3. The lowest BCUT2D eigenvalue weighted by Gasteiger charge is -2.23. The van der Waals surface area contributed by atoms with Gasteiger partial charge in [-0.05, 0) is 24.7 Å². The summed E-state index contributed by atoms with van der Waals surface area (Å²) in [6.45, 7) is 4.79. The number of anilines is 1. The second-order valence-corrected chi connectivity index (χ2v) is 6.16. The smallest absolute Gasteiger partial charge is 0.205 e. The number of nitrogens with one attached hydrogen (secondary N) is 1. The summed E-state index contributed by atoms with van der Waals surface area (Å²) in [5, 5.41) is 3.51. The quantitative estimate of drug-likeness (QED) is 0.861. The van der Waals surface area contributed by atoms with Crippen molar-refractivity contribution in [3.05, 3.63) is 12.4 Å². The van der Waals surface area contributed by atoms with Gasteiger partial charge in [0, 0.05) is 44.6 Å². The average molecular weight is 246 g/mol. The number of nitrogens with zero attached hydrogens (tertiary/aromatic N) is 3. The third-order valence-corrected chi connectivity index (χ3v) is 5.04. The Balaban J connectivity index is 1.56. The first-order chi connectivity index (χ1) is 8.92. The van der Waals surface area contributed by atoms with Gasteiger partial charge in [-0.2, -0.15) is 0 Å². The van der Waals surface area contributed by atoms with E-state index in [1.165, 1.54) is 57.8 Å². The van der Waals surface area contributed by atoms with Crippen LogP contribution in [0.25, 0.3) is 0 Å². The zero-order valence-corrected chi connectivity index (χ0v) is 10.9. The lowest BCUT2D eigenvalue weighted by molar-refractivity contribution is 0.513. The molecule has 4 rings (SSSR count). The summed E-state index contributed by atoms with van der Waals surface area (Å²) in [5.74, 6) is 2.92. The van der Waals surface area contributed by atoms with Crippen LogP contribution in [0, 0.1) is 11.8 Å². The van der Waals surface area contributed by atoms with Crippen molar-refractivity contribution in [2.75, 3.05) is 31.1 Å². The van der Waals surface area contributed by atoms with Crippen molar-refractivity contribution < 1.29 is 0 Å². The van der Waals surface area contributed by atoms with Crippen molar-refractivity contribution in [2.45, 2.75) is 31.7 Å². The highest BCUT2D eigenvalue weighted by molar-refractivity contribution is 5.35. The van der Waals surface area contributed by atoms with Crippen LogP contribution >= 0.6 is 0 Å². The molecule has 0 amide bonds. The topological polar surface area (TPSA) is 33.1 Å². The van der Waals surface area contributed by atoms with Crippen molar-refractivity contribution in [1.82, 2.24) is 14.9 Å². The maximum atomic E-state index is 4.64. The Bertz CT molecular complexity index is 409. The maximum Gasteiger partial charge on any atom is 0.205 e. The third kappa shape index (κ3) is 1.66. The average Bonchev–Trinajstić information content (AvgIpc) is 3.13. The lowest BCUT2D eigenvalue weighted by Crippen LogP contribution is -2.28. The Hall–Kier alpha value is -1.03. The maximum absolute atomic E-state index is 4.64. The van der Waals surface area contributed by atoms with Gasteiger partial charge in [0.1, 0.15) is 0 Å². The number of hydrogen-bond acceptors (Lipinski definition) is 3. The van der Waals surface area contributed by atoms with Crippen LogP contribution in [0.15, 0.2) is 12.4 Å². The molecule has 0 aromatic carbocycles. The van der Waals surface area contributed by atoms with E-state index in [1.807, 2.05) is 6.20 Å². The predicted molar refractivity (Wildman–Crippen MR) is 71.8 cm³/mol. The summed E-state index contributed by atoms with van der Waals surface area (Å²) in [4.78, 5) is 7.16. The number of fused-ring (bicyclic) bond motifs is 1. The molecule has 2 saturated heterocycles. The highest BCUT2D eigenvalue weighted by atomic mass is 15.3. The molecule has 1 N–H and O–H groups in total. The van der Waals surface area contributed by atoms with Crippen LogP contribution < -0.4 is 10.2 Å². The SMILES string of the molecule is c1cn(C2CCCC2)c(N2CC3CNCC3C2)n1. The predicted octanol–water partition coefficient (Wildman–Crippen LogP) is 1.65. The second kappa shape index (κ2) is 4.26. The van der Waals surface area contributed by atoms with Gasteiger partial charge in [-0.1, -0.05) is 12.8 Å². The summed E-state index contributed by atoms with van der Waals surface area (Å²) in [6, 6.07) is 0.709. The Kier molecular flexibility index (Phi) is 2.57. The standard InChI is InChI=1S/C14H22N4/c1-2-4-13(3-1)18-6-5-16-14(18)17-9-11-7-15-8-12(11)10-17/h5-6,11-13,15H,1-4,7-10H2. The van der Waals surface area contributed by atoms with Gasteiger partial charge in [-0.3, -0.25) is 0 Å². The molecule has 2 unspecified atom stereocenters. The van der Waals surface area contributed by atoms with Crippen LogP contribution in [0.4, 0.5) is 5.95 Å². The minimum atomic E-state index is 0.709. The Morgan fingerprint density at radius 1 is 1.11 bits per heavy atom. The minimum Gasteiger partial charge on any atom is -0.342 e. The molecule has 3 aliphatic rings. The molecule has 0 spiro atoms. The molecule has 1 aliphatic carbocycles. The molecule has 1 aromatic heterocycles. The highest BCUT2D eigenvalue weighted by Gasteiger charge is 2.37. The summed E-state index contributed by atoms with van der Waals surface area (Å²) in [7, 11) is 0. The van der Waals surface area contributed by atoms with Crippen molar-refractivity contribution in [3.8, 4) is 0 Å². The molecule has 0 bridgehead atoms. The van der Waals surface area contributed by atoms with Gasteiger partial charge in [-0.15, -0.1) is 0 Å². The molecule has 98 valence electrons. The van der Waals surface area contributed by atoms with Crippen molar-refractivity contribution >= 4 is 5.95 Å². The molecule has 2 atom stereocenters. The van der Waals surface area contributed by atoms with Crippen LogP contribution in [0.5, 0.6) is 0 Å². The summed E-state index contributed by atoms with van der Waals surface area (Å²) in [5.41, 5.74) is 0. The minimum absolute atomic E-state index is 0.709. The molecule has 0 radical (unpaired) electrons. The zero-order valence-electron chi connectivity index (χ0n) is 10.9. The van der Waals surface area contributed by atoms with Crippen molar-refractivity contribution in [1.29, 1.82) is 0 Å². The van der Waals surface area contributed by atoms with E-state index in [1.54, 1.807) is 0 Å². The van der Waals surface area contributed by atoms with E-state index in [9.17, 15) is 0 Å². The van der Waals surface area contributed by atoms with E-state index in [0.717, 1.165) is 11.8 Å². The lowest BCUT2D eigenvalue weighted by atomic mass is 10.0. The number of rotatable bonds is 2. The Morgan fingerprint density at radius 3 is 2.56 bits per heavy atom. The van der Waals surface area contributed by atoms with Crippen LogP contribution in [0.1, 0.15) is 31.7 Å². The third-order valence-electron chi connectivity index (χ3n) is 5.04. The van der Waals surface area contributed by atoms with Gasteiger partial charge >= 0.3 is 0 Å². The van der Waals surface area contributed by atoms with Gasteiger partial charge in [0.05, 0.1) is 0 Å². The van der Waals surface area contributed by atoms with E-state index < -0.39 is 0 Å². The van der Waals surface area contributed by atoms with E-state index in [4.69, 9.17) is 0 Å². The zero-order chi connectivity index (χ0) is 11.9. The van der Waals surface area contributed by atoms with Crippen LogP contribution in [-0.2, 0) is 0 Å². The number of imidazole rings is 1. The van der Waals surface area contributed by atoms with Crippen LogP contribution in [0.3, 0.4) is 0 Å². The second-order valence-electron chi connectivity index (χ2n) is 6.16. The van der Waals surface area contributed by atoms with Crippen LogP contribution in [0.2, 0.25) is 0 Å². The number of aromatic nitrogens is 2. The molecular weight excluding hydrogens is 224 g/mol. The first-order valence-electron chi connectivity index (χ1n) is 7.40. The molecule has 1 saturated carbocycles. The largest absolute Gasteiger partial charge is 0.342 e. The fourth-order valence-electron chi connectivity index (χ4n) is 4.04. The van der Waals surface area contributed by atoms with E-state index in [-0.39, 0.29) is 0 Å². The molecular formula is C14H22N4. The van der Waals surface area contributed by atoms with Crippen molar-refractivity contribution in [3.63, 3.8) is 0 Å². The molecule has 4 nitrogen and oxygen atoms in total.